The highest BCUT2D eigenvalue weighted by atomic mass is 16.4. The van der Waals surface area contributed by atoms with Gasteiger partial charge in [-0.15, -0.1) is 0 Å². The second-order valence-corrected chi connectivity index (χ2v) is 9.02. The first-order valence-corrected chi connectivity index (χ1v) is 11.7. The van der Waals surface area contributed by atoms with Crippen molar-refractivity contribution in [2.24, 2.45) is 5.92 Å². The van der Waals surface area contributed by atoms with Crippen molar-refractivity contribution in [2.75, 3.05) is 13.1 Å². The fraction of sp³-hybridized carbons (Fsp3) is 0.538. The summed E-state index contributed by atoms with van der Waals surface area (Å²) in [6.45, 7) is 1.79. The molecule has 4 nitrogen and oxygen atoms in total. The van der Waals surface area contributed by atoms with E-state index in [4.69, 9.17) is 4.98 Å². The number of carbonyl (C=O) groups is 1. The fourth-order valence-corrected chi connectivity index (χ4v) is 5.16. The summed E-state index contributed by atoms with van der Waals surface area (Å²) in [7, 11) is 0. The number of nitrogens with zero attached hydrogens (tertiary/aromatic N) is 2. The first-order valence-electron chi connectivity index (χ1n) is 11.7. The SMILES string of the molecule is O=C(O)[C@H](c1ccccc1)N1CC[C@@H](CCCCCc2ccc3c(n2)CCCC3)C1. The molecule has 1 aromatic heterocycles. The lowest BCUT2D eigenvalue weighted by Crippen LogP contribution is -2.32. The maximum absolute atomic E-state index is 11.9. The van der Waals surface area contributed by atoms with Gasteiger partial charge in [0.2, 0.25) is 0 Å². The second kappa shape index (κ2) is 10.2. The number of unbranched alkanes of at least 4 members (excludes halogenated alkanes) is 2. The van der Waals surface area contributed by atoms with Gasteiger partial charge < -0.3 is 5.11 Å². The van der Waals surface area contributed by atoms with Gasteiger partial charge in [0.15, 0.2) is 0 Å². The number of benzene rings is 1. The fourth-order valence-electron chi connectivity index (χ4n) is 5.16. The Morgan fingerprint density at radius 2 is 1.90 bits per heavy atom. The van der Waals surface area contributed by atoms with Gasteiger partial charge in [-0.05, 0) is 81.0 Å². The monoisotopic (exact) mass is 406 g/mol. The molecule has 4 heteroatoms. The Balaban J connectivity index is 1.19. The molecule has 1 aromatic carbocycles. The summed E-state index contributed by atoms with van der Waals surface area (Å²) in [6, 6.07) is 13.7. The highest BCUT2D eigenvalue weighted by molar-refractivity contribution is 5.75. The average Bonchev–Trinajstić information content (AvgIpc) is 3.22. The molecule has 2 aliphatic rings. The molecule has 0 radical (unpaired) electrons. The number of carboxylic acids is 1. The minimum Gasteiger partial charge on any atom is -0.480 e. The molecule has 160 valence electrons. The number of pyridine rings is 1. The van der Waals surface area contributed by atoms with Crippen molar-refractivity contribution in [1.29, 1.82) is 0 Å². The zero-order chi connectivity index (χ0) is 20.8. The van der Waals surface area contributed by atoms with Crippen LogP contribution in [0, 0.1) is 5.92 Å². The zero-order valence-corrected chi connectivity index (χ0v) is 17.9. The van der Waals surface area contributed by atoms with Gasteiger partial charge in [-0.1, -0.05) is 49.2 Å². The number of aliphatic carboxylic acids is 1. The Hall–Kier alpha value is -2.20. The van der Waals surface area contributed by atoms with Gasteiger partial charge >= 0.3 is 5.97 Å². The van der Waals surface area contributed by atoms with Crippen LogP contribution in [0.5, 0.6) is 0 Å². The van der Waals surface area contributed by atoms with Crippen LogP contribution in [0.2, 0.25) is 0 Å². The van der Waals surface area contributed by atoms with Crippen LogP contribution in [-0.2, 0) is 24.1 Å². The van der Waals surface area contributed by atoms with Gasteiger partial charge in [0.1, 0.15) is 6.04 Å². The lowest BCUT2D eigenvalue weighted by Gasteiger charge is -2.24. The maximum atomic E-state index is 11.9. The average molecular weight is 407 g/mol. The summed E-state index contributed by atoms with van der Waals surface area (Å²) >= 11 is 0. The quantitative estimate of drug-likeness (QED) is 0.581. The standard InChI is InChI=1S/C26H34N2O2/c29-26(30)25(22-11-4-2-5-12-22)28-18-17-20(19-28)9-3-1-6-13-23-16-15-21-10-7-8-14-24(21)27-23/h2,4-5,11-12,15-16,20,25H,1,3,6-10,13-14,17-19H2,(H,29,30)/t20-,25+/m1/s1. The van der Waals surface area contributed by atoms with Crippen molar-refractivity contribution in [3.8, 4) is 0 Å². The van der Waals surface area contributed by atoms with Gasteiger partial charge in [-0.3, -0.25) is 14.7 Å². The minimum absolute atomic E-state index is 0.508. The molecular weight excluding hydrogens is 372 g/mol. The lowest BCUT2D eigenvalue weighted by atomic mass is 9.95. The van der Waals surface area contributed by atoms with E-state index < -0.39 is 12.0 Å². The molecule has 4 rings (SSSR count). The van der Waals surface area contributed by atoms with Crippen molar-refractivity contribution in [3.63, 3.8) is 0 Å². The van der Waals surface area contributed by atoms with Gasteiger partial charge in [-0.2, -0.15) is 0 Å². The second-order valence-electron chi connectivity index (χ2n) is 9.02. The highest BCUT2D eigenvalue weighted by Gasteiger charge is 2.33. The topological polar surface area (TPSA) is 53.4 Å². The van der Waals surface area contributed by atoms with Crippen LogP contribution >= 0.6 is 0 Å². The third-order valence-corrected chi connectivity index (χ3v) is 6.81. The van der Waals surface area contributed by atoms with E-state index in [0.29, 0.717) is 5.92 Å². The molecular formula is C26H34N2O2. The van der Waals surface area contributed by atoms with E-state index in [1.807, 2.05) is 30.3 Å². The van der Waals surface area contributed by atoms with Crippen LogP contribution in [0.25, 0.3) is 0 Å². The largest absolute Gasteiger partial charge is 0.480 e. The highest BCUT2D eigenvalue weighted by Crippen LogP contribution is 2.30. The Morgan fingerprint density at radius 1 is 1.07 bits per heavy atom. The number of aromatic nitrogens is 1. The van der Waals surface area contributed by atoms with Crippen molar-refractivity contribution in [2.45, 2.75) is 70.3 Å². The van der Waals surface area contributed by atoms with E-state index in [0.717, 1.165) is 37.9 Å². The smallest absolute Gasteiger partial charge is 0.325 e. The third-order valence-electron chi connectivity index (χ3n) is 6.81. The number of likely N-dealkylation sites (tertiary alicyclic amines) is 1. The summed E-state index contributed by atoms with van der Waals surface area (Å²) in [6.07, 6.45) is 12.0. The molecule has 0 saturated carbocycles. The van der Waals surface area contributed by atoms with Crippen LogP contribution in [0.3, 0.4) is 0 Å². The summed E-state index contributed by atoms with van der Waals surface area (Å²) in [4.78, 5) is 18.9. The van der Waals surface area contributed by atoms with Crippen molar-refractivity contribution < 1.29 is 9.90 Å². The molecule has 0 unspecified atom stereocenters. The molecule has 1 N–H and O–H groups in total. The summed E-state index contributed by atoms with van der Waals surface area (Å²) < 4.78 is 0. The molecule has 1 aliphatic heterocycles. The van der Waals surface area contributed by atoms with Crippen LogP contribution in [0.15, 0.2) is 42.5 Å². The predicted molar refractivity (Wildman–Crippen MR) is 120 cm³/mol. The summed E-state index contributed by atoms with van der Waals surface area (Å²) in [5.74, 6) is -0.114. The Morgan fingerprint density at radius 3 is 2.73 bits per heavy atom. The molecule has 1 fully saturated rings. The normalized spacial score (nSPS) is 20.1. The molecule has 0 spiro atoms. The third kappa shape index (κ3) is 5.28. The maximum Gasteiger partial charge on any atom is 0.325 e. The van der Waals surface area contributed by atoms with Crippen LogP contribution < -0.4 is 0 Å². The first kappa shape index (κ1) is 21.0. The van der Waals surface area contributed by atoms with Crippen LogP contribution in [-0.4, -0.2) is 34.0 Å². The Labute approximate surface area is 180 Å². The van der Waals surface area contributed by atoms with Gasteiger partial charge in [0, 0.05) is 17.9 Å². The van der Waals surface area contributed by atoms with Crippen molar-refractivity contribution in [3.05, 3.63) is 65.0 Å². The lowest BCUT2D eigenvalue weighted by molar-refractivity contribution is -0.143. The van der Waals surface area contributed by atoms with E-state index in [-0.39, 0.29) is 0 Å². The minimum atomic E-state index is -0.737. The number of rotatable bonds is 9. The van der Waals surface area contributed by atoms with Crippen LogP contribution in [0.4, 0.5) is 0 Å². The van der Waals surface area contributed by atoms with E-state index in [2.05, 4.69) is 17.0 Å². The first-order chi connectivity index (χ1) is 14.7. The summed E-state index contributed by atoms with van der Waals surface area (Å²) in [5, 5.41) is 9.75. The van der Waals surface area contributed by atoms with Gasteiger partial charge in [0.25, 0.3) is 0 Å². The zero-order valence-electron chi connectivity index (χ0n) is 17.9. The number of fused-ring (bicyclic) bond motifs is 1. The molecule has 0 amide bonds. The van der Waals surface area contributed by atoms with Gasteiger partial charge in [0.05, 0.1) is 0 Å². The van der Waals surface area contributed by atoms with E-state index in [1.54, 1.807) is 0 Å². The molecule has 2 heterocycles. The van der Waals surface area contributed by atoms with Crippen molar-refractivity contribution >= 4 is 5.97 Å². The van der Waals surface area contributed by atoms with Gasteiger partial charge in [-0.25, -0.2) is 0 Å². The number of carboxylic acid groups (broad SMARTS) is 1. The molecule has 30 heavy (non-hydrogen) atoms. The molecule has 1 saturated heterocycles. The Kier molecular flexibility index (Phi) is 7.16. The van der Waals surface area contributed by atoms with E-state index in [9.17, 15) is 9.90 Å². The molecule has 2 atom stereocenters. The number of aryl methyl sites for hydroxylation is 3. The summed E-state index contributed by atoms with van der Waals surface area (Å²) in [5.41, 5.74) is 4.96. The predicted octanol–water partition coefficient (Wildman–Crippen LogP) is 5.21. The van der Waals surface area contributed by atoms with Crippen LogP contribution in [0.1, 0.15) is 73.5 Å². The number of hydrogen-bond acceptors (Lipinski definition) is 3. The van der Waals surface area contributed by atoms with E-state index in [1.165, 1.54) is 61.9 Å². The molecule has 2 aromatic rings. The van der Waals surface area contributed by atoms with Crippen molar-refractivity contribution in [1.82, 2.24) is 9.88 Å². The molecule has 0 bridgehead atoms. The number of hydrogen-bond donors (Lipinski definition) is 1. The Bertz CT molecular complexity index is 836. The van der Waals surface area contributed by atoms with E-state index >= 15 is 0 Å². The molecule has 1 aliphatic carbocycles.